The largest absolute Gasteiger partial charge is 0.259 e. The summed E-state index contributed by atoms with van der Waals surface area (Å²) in [6.07, 6.45) is 1.60. The molecular formula is C13H10N2S. The molecule has 2 aromatic rings. The zero-order valence-corrected chi connectivity index (χ0v) is 9.66. The minimum absolute atomic E-state index is 0.601. The van der Waals surface area contributed by atoms with Gasteiger partial charge in [0.1, 0.15) is 6.07 Å². The molecule has 0 spiro atoms. The maximum absolute atomic E-state index is 8.82. The summed E-state index contributed by atoms with van der Waals surface area (Å²) in [6.45, 7) is 1.95. The molecule has 0 atom stereocenters. The van der Waals surface area contributed by atoms with Crippen molar-refractivity contribution in [3.8, 4) is 6.07 Å². The lowest BCUT2D eigenvalue weighted by atomic mass is 10.3. The molecule has 16 heavy (non-hydrogen) atoms. The van der Waals surface area contributed by atoms with Gasteiger partial charge in [-0.3, -0.25) is 4.98 Å². The van der Waals surface area contributed by atoms with Crippen LogP contribution in [0.15, 0.2) is 52.4 Å². The Morgan fingerprint density at radius 2 is 2.00 bits per heavy atom. The topological polar surface area (TPSA) is 36.7 Å². The Morgan fingerprint density at radius 1 is 1.25 bits per heavy atom. The molecule has 0 unspecified atom stereocenters. The van der Waals surface area contributed by atoms with E-state index in [1.165, 1.54) is 0 Å². The lowest BCUT2D eigenvalue weighted by Gasteiger charge is -2.04. The summed E-state index contributed by atoms with van der Waals surface area (Å²) in [7, 11) is 0. The van der Waals surface area contributed by atoms with E-state index in [0.29, 0.717) is 5.56 Å². The number of aryl methyl sites for hydroxylation is 1. The molecule has 0 aliphatic rings. The highest BCUT2D eigenvalue weighted by molar-refractivity contribution is 7.99. The zero-order valence-electron chi connectivity index (χ0n) is 8.84. The number of nitriles is 1. The van der Waals surface area contributed by atoms with Crippen molar-refractivity contribution in [2.75, 3.05) is 0 Å². The summed E-state index contributed by atoms with van der Waals surface area (Å²) < 4.78 is 0. The molecular weight excluding hydrogens is 216 g/mol. The van der Waals surface area contributed by atoms with Gasteiger partial charge in [-0.05, 0) is 25.1 Å². The smallest absolute Gasteiger partial charge is 0.101 e. The van der Waals surface area contributed by atoms with Gasteiger partial charge in [-0.15, -0.1) is 0 Å². The van der Waals surface area contributed by atoms with Crippen LogP contribution in [0.5, 0.6) is 0 Å². The Morgan fingerprint density at radius 3 is 2.69 bits per heavy atom. The van der Waals surface area contributed by atoms with Crippen molar-refractivity contribution in [3.63, 3.8) is 0 Å². The highest BCUT2D eigenvalue weighted by Crippen LogP contribution is 2.29. The summed E-state index contributed by atoms with van der Waals surface area (Å²) in [5.74, 6) is 0. The summed E-state index contributed by atoms with van der Waals surface area (Å²) in [5, 5.41) is 8.82. The molecule has 0 aliphatic carbocycles. The van der Waals surface area contributed by atoms with Gasteiger partial charge in [0.2, 0.25) is 0 Å². The van der Waals surface area contributed by atoms with Crippen LogP contribution >= 0.6 is 11.8 Å². The van der Waals surface area contributed by atoms with Crippen molar-refractivity contribution < 1.29 is 0 Å². The Hall–Kier alpha value is -1.79. The SMILES string of the molecule is Cc1ncc(C#N)cc1Sc1ccccc1. The number of rotatable bonds is 2. The number of hydrogen-bond acceptors (Lipinski definition) is 3. The fourth-order valence-corrected chi connectivity index (χ4v) is 2.23. The molecule has 0 bridgehead atoms. The first kappa shape index (κ1) is 10.7. The molecule has 0 amide bonds. The van der Waals surface area contributed by atoms with Gasteiger partial charge in [0, 0.05) is 16.0 Å². The number of nitrogens with zero attached hydrogens (tertiary/aromatic N) is 2. The van der Waals surface area contributed by atoms with Crippen LogP contribution in [0.3, 0.4) is 0 Å². The predicted octanol–water partition coefficient (Wildman–Crippen LogP) is 3.41. The molecule has 0 aliphatic heterocycles. The molecule has 0 N–H and O–H groups in total. The van der Waals surface area contributed by atoms with E-state index >= 15 is 0 Å². The average molecular weight is 226 g/mol. The van der Waals surface area contributed by atoms with Gasteiger partial charge < -0.3 is 0 Å². The highest BCUT2D eigenvalue weighted by atomic mass is 32.2. The van der Waals surface area contributed by atoms with E-state index in [9.17, 15) is 0 Å². The van der Waals surface area contributed by atoms with Crippen LogP contribution in [0.1, 0.15) is 11.3 Å². The lowest BCUT2D eigenvalue weighted by molar-refractivity contribution is 1.10. The maximum Gasteiger partial charge on any atom is 0.101 e. The van der Waals surface area contributed by atoms with E-state index in [4.69, 9.17) is 5.26 Å². The maximum atomic E-state index is 8.82. The molecule has 2 nitrogen and oxygen atoms in total. The van der Waals surface area contributed by atoms with Crippen LogP contribution in [0, 0.1) is 18.3 Å². The van der Waals surface area contributed by atoms with Gasteiger partial charge in [-0.25, -0.2) is 0 Å². The Labute approximate surface area is 99.0 Å². The van der Waals surface area contributed by atoms with Crippen molar-refractivity contribution in [3.05, 3.63) is 53.9 Å². The van der Waals surface area contributed by atoms with Gasteiger partial charge in [-0.2, -0.15) is 5.26 Å². The summed E-state index contributed by atoms with van der Waals surface area (Å²) >= 11 is 1.63. The molecule has 1 aromatic carbocycles. The average Bonchev–Trinajstić information content (AvgIpc) is 2.33. The zero-order chi connectivity index (χ0) is 11.4. The van der Waals surface area contributed by atoms with Crippen molar-refractivity contribution in [2.24, 2.45) is 0 Å². The molecule has 1 heterocycles. The van der Waals surface area contributed by atoms with Crippen molar-refractivity contribution in [1.82, 2.24) is 4.98 Å². The van der Waals surface area contributed by atoms with Crippen LogP contribution in [0.2, 0.25) is 0 Å². The van der Waals surface area contributed by atoms with Crippen LogP contribution < -0.4 is 0 Å². The van der Waals surface area contributed by atoms with Crippen LogP contribution in [0.4, 0.5) is 0 Å². The van der Waals surface area contributed by atoms with E-state index in [-0.39, 0.29) is 0 Å². The first-order valence-corrected chi connectivity index (χ1v) is 5.71. The molecule has 0 saturated heterocycles. The standard InChI is InChI=1S/C13H10N2S/c1-10-13(7-11(8-14)9-15-10)16-12-5-3-2-4-6-12/h2-7,9H,1H3. The third kappa shape index (κ3) is 2.41. The van der Waals surface area contributed by atoms with Gasteiger partial charge in [0.25, 0.3) is 0 Å². The minimum atomic E-state index is 0.601. The summed E-state index contributed by atoms with van der Waals surface area (Å²) in [6, 6.07) is 14.1. The van der Waals surface area contributed by atoms with Gasteiger partial charge in [-0.1, -0.05) is 30.0 Å². The van der Waals surface area contributed by atoms with E-state index < -0.39 is 0 Å². The molecule has 0 fully saturated rings. The second kappa shape index (κ2) is 4.82. The van der Waals surface area contributed by atoms with E-state index in [2.05, 4.69) is 11.1 Å². The monoisotopic (exact) mass is 226 g/mol. The van der Waals surface area contributed by atoms with E-state index in [1.807, 2.05) is 43.3 Å². The quantitative estimate of drug-likeness (QED) is 0.787. The summed E-state index contributed by atoms with van der Waals surface area (Å²) in [5.41, 5.74) is 1.55. The number of pyridine rings is 1. The van der Waals surface area contributed by atoms with Crippen LogP contribution in [0.25, 0.3) is 0 Å². The number of benzene rings is 1. The van der Waals surface area contributed by atoms with Crippen LogP contribution in [-0.2, 0) is 0 Å². The molecule has 78 valence electrons. The molecule has 0 saturated carbocycles. The highest BCUT2D eigenvalue weighted by Gasteiger charge is 2.03. The molecule has 2 rings (SSSR count). The van der Waals surface area contributed by atoms with Crippen molar-refractivity contribution >= 4 is 11.8 Å². The number of aromatic nitrogens is 1. The number of hydrogen-bond donors (Lipinski definition) is 0. The van der Waals surface area contributed by atoms with E-state index in [0.717, 1.165) is 15.5 Å². The normalized spacial score (nSPS) is 9.75. The Balaban J connectivity index is 2.31. The molecule has 0 radical (unpaired) electrons. The fourth-order valence-electron chi connectivity index (χ4n) is 1.29. The molecule has 1 aromatic heterocycles. The summed E-state index contributed by atoms with van der Waals surface area (Å²) in [4.78, 5) is 6.39. The van der Waals surface area contributed by atoms with Crippen molar-refractivity contribution in [2.45, 2.75) is 16.7 Å². The molecule has 3 heteroatoms. The van der Waals surface area contributed by atoms with Crippen molar-refractivity contribution in [1.29, 1.82) is 5.26 Å². The third-order valence-electron chi connectivity index (χ3n) is 2.14. The van der Waals surface area contributed by atoms with Gasteiger partial charge in [0.05, 0.1) is 11.3 Å². The Kier molecular flexibility index (Phi) is 3.23. The van der Waals surface area contributed by atoms with E-state index in [1.54, 1.807) is 18.0 Å². The lowest BCUT2D eigenvalue weighted by Crippen LogP contribution is -1.87. The van der Waals surface area contributed by atoms with Gasteiger partial charge >= 0.3 is 0 Å². The van der Waals surface area contributed by atoms with Crippen LogP contribution in [-0.4, -0.2) is 4.98 Å². The Bertz CT molecular complexity index is 529. The third-order valence-corrected chi connectivity index (χ3v) is 3.28. The predicted molar refractivity (Wildman–Crippen MR) is 64.3 cm³/mol. The van der Waals surface area contributed by atoms with Gasteiger partial charge in [0.15, 0.2) is 0 Å². The minimum Gasteiger partial charge on any atom is -0.259 e. The first-order valence-electron chi connectivity index (χ1n) is 4.89. The second-order valence-electron chi connectivity index (χ2n) is 3.33. The fraction of sp³-hybridized carbons (Fsp3) is 0.0769. The second-order valence-corrected chi connectivity index (χ2v) is 4.45. The first-order chi connectivity index (χ1) is 7.79.